The standard InChI is InChI=1S/C20H33N5O/c1-14(2)18-22-15(3)13-17(23-18)24-9-11-25(12-10-24)19(26)16-7-5-6-8-20(16,4)21/h13-14,16H,5-12,21H2,1-4H3. The van der Waals surface area contributed by atoms with Crippen molar-refractivity contribution in [2.75, 3.05) is 31.1 Å². The van der Waals surface area contributed by atoms with E-state index in [0.717, 1.165) is 69.2 Å². The summed E-state index contributed by atoms with van der Waals surface area (Å²) in [6.07, 6.45) is 4.12. The van der Waals surface area contributed by atoms with E-state index >= 15 is 0 Å². The Hall–Kier alpha value is -1.69. The van der Waals surface area contributed by atoms with Gasteiger partial charge in [0.15, 0.2) is 0 Å². The number of piperazine rings is 1. The topological polar surface area (TPSA) is 75.3 Å². The van der Waals surface area contributed by atoms with Gasteiger partial charge < -0.3 is 15.5 Å². The number of nitrogens with zero attached hydrogens (tertiary/aromatic N) is 4. The Morgan fingerprint density at radius 3 is 2.54 bits per heavy atom. The Kier molecular flexibility index (Phi) is 5.51. The molecule has 2 fully saturated rings. The number of carbonyl (C=O) groups excluding carboxylic acids is 1. The van der Waals surface area contributed by atoms with E-state index in [9.17, 15) is 4.79 Å². The van der Waals surface area contributed by atoms with Crippen molar-refractivity contribution in [2.24, 2.45) is 11.7 Å². The maximum absolute atomic E-state index is 13.0. The van der Waals surface area contributed by atoms with Crippen molar-refractivity contribution < 1.29 is 4.79 Å². The highest BCUT2D eigenvalue weighted by Gasteiger charge is 2.40. The van der Waals surface area contributed by atoms with Crippen LogP contribution in [0, 0.1) is 12.8 Å². The molecule has 2 aliphatic rings. The van der Waals surface area contributed by atoms with Gasteiger partial charge >= 0.3 is 0 Å². The van der Waals surface area contributed by atoms with Crippen molar-refractivity contribution >= 4 is 11.7 Å². The first-order valence-electron chi connectivity index (χ1n) is 9.96. The minimum Gasteiger partial charge on any atom is -0.353 e. The molecule has 1 aliphatic carbocycles. The maximum atomic E-state index is 13.0. The van der Waals surface area contributed by atoms with E-state index < -0.39 is 0 Å². The zero-order chi connectivity index (χ0) is 18.9. The lowest BCUT2D eigenvalue weighted by atomic mass is 9.74. The second-order valence-electron chi connectivity index (χ2n) is 8.50. The minimum atomic E-state index is -0.359. The molecule has 0 spiro atoms. The third kappa shape index (κ3) is 4.00. The first-order chi connectivity index (χ1) is 12.3. The van der Waals surface area contributed by atoms with Crippen LogP contribution in [0.4, 0.5) is 5.82 Å². The van der Waals surface area contributed by atoms with Crippen molar-refractivity contribution in [3.63, 3.8) is 0 Å². The molecule has 2 unspecified atom stereocenters. The van der Waals surface area contributed by atoms with Gasteiger partial charge in [-0.1, -0.05) is 26.7 Å². The minimum absolute atomic E-state index is 0.0309. The summed E-state index contributed by atoms with van der Waals surface area (Å²) >= 11 is 0. The highest BCUT2D eigenvalue weighted by molar-refractivity contribution is 5.80. The molecule has 6 heteroatoms. The van der Waals surface area contributed by atoms with Crippen LogP contribution in [0.2, 0.25) is 0 Å². The molecule has 26 heavy (non-hydrogen) atoms. The van der Waals surface area contributed by atoms with Crippen molar-refractivity contribution in [3.8, 4) is 0 Å². The summed E-state index contributed by atoms with van der Waals surface area (Å²) < 4.78 is 0. The molecule has 1 aliphatic heterocycles. The second kappa shape index (κ2) is 7.51. The van der Waals surface area contributed by atoms with Crippen LogP contribution in [0.25, 0.3) is 0 Å². The van der Waals surface area contributed by atoms with Crippen molar-refractivity contribution in [1.29, 1.82) is 0 Å². The molecule has 2 N–H and O–H groups in total. The molecule has 2 atom stereocenters. The summed E-state index contributed by atoms with van der Waals surface area (Å²) in [5.74, 6) is 2.40. The van der Waals surface area contributed by atoms with Crippen LogP contribution in [0.5, 0.6) is 0 Å². The van der Waals surface area contributed by atoms with E-state index in [1.165, 1.54) is 0 Å². The molecular weight excluding hydrogens is 326 g/mol. The van der Waals surface area contributed by atoms with E-state index in [1.807, 2.05) is 24.8 Å². The number of amides is 1. The lowest BCUT2D eigenvalue weighted by molar-refractivity contribution is -0.139. The van der Waals surface area contributed by atoms with E-state index in [2.05, 4.69) is 23.7 Å². The number of rotatable bonds is 3. The van der Waals surface area contributed by atoms with Crippen LogP contribution in [0.3, 0.4) is 0 Å². The molecule has 144 valence electrons. The highest BCUT2D eigenvalue weighted by atomic mass is 16.2. The Morgan fingerprint density at radius 2 is 1.92 bits per heavy atom. The van der Waals surface area contributed by atoms with Gasteiger partial charge in [0.05, 0.1) is 5.92 Å². The Bertz CT molecular complexity index is 650. The summed E-state index contributed by atoms with van der Waals surface area (Å²) in [5, 5.41) is 0. The first kappa shape index (κ1) is 19.1. The molecule has 1 aromatic heterocycles. The van der Waals surface area contributed by atoms with Gasteiger partial charge in [0, 0.05) is 49.4 Å². The Morgan fingerprint density at radius 1 is 1.23 bits per heavy atom. The summed E-state index contributed by atoms with van der Waals surface area (Å²) in [4.78, 5) is 26.6. The van der Waals surface area contributed by atoms with Gasteiger partial charge in [0.2, 0.25) is 5.91 Å². The van der Waals surface area contributed by atoms with E-state index in [-0.39, 0.29) is 17.4 Å². The zero-order valence-electron chi connectivity index (χ0n) is 16.7. The fourth-order valence-corrected chi connectivity index (χ4v) is 4.13. The summed E-state index contributed by atoms with van der Waals surface area (Å²) in [7, 11) is 0. The van der Waals surface area contributed by atoms with Gasteiger partial charge in [0.1, 0.15) is 11.6 Å². The zero-order valence-corrected chi connectivity index (χ0v) is 16.7. The van der Waals surface area contributed by atoms with Crippen LogP contribution in [-0.2, 0) is 4.79 Å². The average molecular weight is 360 g/mol. The molecule has 1 aromatic rings. The number of nitrogens with two attached hydrogens (primary N) is 1. The predicted octanol–water partition coefficient (Wildman–Crippen LogP) is 2.46. The van der Waals surface area contributed by atoms with Gasteiger partial charge in [0.25, 0.3) is 0 Å². The van der Waals surface area contributed by atoms with E-state index in [1.54, 1.807) is 0 Å². The van der Waals surface area contributed by atoms with Gasteiger partial charge in [-0.2, -0.15) is 0 Å². The van der Waals surface area contributed by atoms with Gasteiger partial charge in [-0.25, -0.2) is 9.97 Å². The third-order valence-corrected chi connectivity index (χ3v) is 5.84. The van der Waals surface area contributed by atoms with Gasteiger partial charge in [-0.3, -0.25) is 4.79 Å². The normalized spacial score (nSPS) is 27.1. The maximum Gasteiger partial charge on any atom is 0.227 e. The molecule has 1 saturated carbocycles. The largest absolute Gasteiger partial charge is 0.353 e. The third-order valence-electron chi connectivity index (χ3n) is 5.84. The lowest BCUT2D eigenvalue weighted by Crippen LogP contribution is -2.57. The predicted molar refractivity (Wildman–Crippen MR) is 104 cm³/mol. The van der Waals surface area contributed by atoms with Crippen molar-refractivity contribution in [1.82, 2.24) is 14.9 Å². The van der Waals surface area contributed by atoms with Crippen molar-refractivity contribution in [3.05, 3.63) is 17.6 Å². The van der Waals surface area contributed by atoms with Gasteiger partial charge in [-0.05, 0) is 26.7 Å². The SMILES string of the molecule is Cc1cc(N2CCN(C(=O)C3CCCCC3(C)N)CC2)nc(C(C)C)n1. The molecule has 0 bridgehead atoms. The van der Waals surface area contributed by atoms with Gasteiger partial charge in [-0.15, -0.1) is 0 Å². The molecular formula is C20H33N5O. The van der Waals surface area contributed by atoms with Crippen LogP contribution < -0.4 is 10.6 Å². The fraction of sp³-hybridized carbons (Fsp3) is 0.750. The Labute approximate surface area is 157 Å². The molecule has 0 aromatic carbocycles. The van der Waals surface area contributed by atoms with Crippen molar-refractivity contribution in [2.45, 2.75) is 64.8 Å². The number of aromatic nitrogens is 2. The van der Waals surface area contributed by atoms with E-state index in [4.69, 9.17) is 10.7 Å². The summed E-state index contributed by atoms with van der Waals surface area (Å²) in [6.45, 7) is 11.4. The highest BCUT2D eigenvalue weighted by Crippen LogP contribution is 2.33. The lowest BCUT2D eigenvalue weighted by Gasteiger charge is -2.42. The molecule has 2 heterocycles. The van der Waals surface area contributed by atoms with Crippen LogP contribution >= 0.6 is 0 Å². The number of aryl methyl sites for hydroxylation is 1. The van der Waals surface area contributed by atoms with Crippen LogP contribution in [0.1, 0.15) is 63.9 Å². The van der Waals surface area contributed by atoms with Crippen LogP contribution in [-0.4, -0.2) is 52.5 Å². The quantitative estimate of drug-likeness (QED) is 0.897. The van der Waals surface area contributed by atoms with E-state index in [0.29, 0.717) is 5.92 Å². The smallest absolute Gasteiger partial charge is 0.227 e. The molecule has 0 radical (unpaired) electrons. The average Bonchev–Trinajstić information content (AvgIpc) is 2.60. The number of anilines is 1. The number of hydrogen-bond donors (Lipinski definition) is 1. The summed E-state index contributed by atoms with van der Waals surface area (Å²) in [6, 6.07) is 2.04. The number of carbonyl (C=O) groups is 1. The molecule has 6 nitrogen and oxygen atoms in total. The Balaban J connectivity index is 1.65. The molecule has 1 amide bonds. The fourth-order valence-electron chi connectivity index (χ4n) is 4.13. The number of hydrogen-bond acceptors (Lipinski definition) is 5. The molecule has 1 saturated heterocycles. The first-order valence-corrected chi connectivity index (χ1v) is 9.96. The summed E-state index contributed by atoms with van der Waals surface area (Å²) in [5.41, 5.74) is 7.07. The second-order valence-corrected chi connectivity index (χ2v) is 8.50. The molecule has 3 rings (SSSR count). The monoisotopic (exact) mass is 359 g/mol. The van der Waals surface area contributed by atoms with Crippen LogP contribution in [0.15, 0.2) is 6.07 Å².